The summed E-state index contributed by atoms with van der Waals surface area (Å²) in [6.45, 7) is 1.50. The first-order chi connectivity index (χ1) is 11.5. The molecule has 25 heavy (non-hydrogen) atoms. The second-order valence-corrected chi connectivity index (χ2v) is 6.23. The minimum absolute atomic E-state index is 0. The number of carbonyl (C=O) groups excluding carboxylic acids is 2. The molecule has 3 N–H and O–H groups in total. The van der Waals surface area contributed by atoms with Crippen molar-refractivity contribution in [2.45, 2.75) is 12.5 Å². The van der Waals surface area contributed by atoms with Crippen molar-refractivity contribution in [3.05, 3.63) is 29.8 Å². The van der Waals surface area contributed by atoms with Gasteiger partial charge in [0.05, 0.1) is 17.7 Å². The van der Waals surface area contributed by atoms with Crippen LogP contribution in [0.5, 0.6) is 0 Å². The topological polar surface area (TPSA) is 81.7 Å². The highest BCUT2D eigenvalue weighted by molar-refractivity contribution is 6.00. The summed E-state index contributed by atoms with van der Waals surface area (Å²) in [7, 11) is 0. The Kier molecular flexibility index (Phi) is 6.31. The molecule has 9 heteroatoms. The number of aliphatic hydroxyl groups is 1. The first-order valence-corrected chi connectivity index (χ1v) is 7.87. The second kappa shape index (κ2) is 8.07. The van der Waals surface area contributed by atoms with E-state index in [1.807, 2.05) is 0 Å². The summed E-state index contributed by atoms with van der Waals surface area (Å²) in [6.07, 6.45) is -0.519. The van der Waals surface area contributed by atoms with E-state index in [1.54, 1.807) is 0 Å². The molecule has 2 saturated heterocycles. The molecular formula is C16H20ClF2N3O3. The third-order valence-electron chi connectivity index (χ3n) is 4.54. The number of anilines is 1. The molecule has 2 aliphatic rings. The first kappa shape index (κ1) is 19.6. The fourth-order valence-corrected chi connectivity index (χ4v) is 3.12. The smallest absolute Gasteiger partial charge is 0.227 e. The maximum Gasteiger partial charge on any atom is 0.227 e. The van der Waals surface area contributed by atoms with Crippen LogP contribution in [0.4, 0.5) is 14.5 Å². The van der Waals surface area contributed by atoms with Crippen LogP contribution in [0.15, 0.2) is 18.2 Å². The number of rotatable bonds is 4. The van der Waals surface area contributed by atoms with E-state index in [0.717, 1.165) is 6.07 Å². The van der Waals surface area contributed by atoms with Gasteiger partial charge in [-0.1, -0.05) is 0 Å². The third kappa shape index (κ3) is 4.26. The lowest BCUT2D eigenvalue weighted by Gasteiger charge is -2.18. The van der Waals surface area contributed by atoms with Crippen molar-refractivity contribution in [3.63, 3.8) is 0 Å². The molecule has 6 nitrogen and oxygen atoms in total. The molecule has 3 atom stereocenters. The zero-order valence-corrected chi connectivity index (χ0v) is 14.2. The van der Waals surface area contributed by atoms with Gasteiger partial charge in [-0.25, -0.2) is 8.78 Å². The fourth-order valence-electron chi connectivity index (χ4n) is 3.12. The number of aliphatic hydroxyl groups excluding tert-OH is 1. The maximum absolute atomic E-state index is 13.8. The number of amides is 2. The van der Waals surface area contributed by atoms with Crippen LogP contribution in [-0.4, -0.2) is 49.2 Å². The molecule has 0 radical (unpaired) electrons. The maximum atomic E-state index is 13.8. The largest absolute Gasteiger partial charge is 0.391 e. The van der Waals surface area contributed by atoms with Crippen molar-refractivity contribution >= 4 is 29.9 Å². The Bertz CT molecular complexity index is 662. The van der Waals surface area contributed by atoms with Crippen molar-refractivity contribution in [3.8, 4) is 0 Å². The number of nitrogens with one attached hydrogen (secondary N) is 2. The molecule has 2 aliphatic heterocycles. The van der Waals surface area contributed by atoms with Gasteiger partial charge in [-0.2, -0.15) is 0 Å². The number of β-amino-alcohol motifs (C(OH)–C–C–N with tert-alkyl or cyclic N) is 1. The predicted octanol–water partition coefficient (Wildman–Crippen LogP) is 0.436. The Morgan fingerprint density at radius 1 is 1.36 bits per heavy atom. The van der Waals surface area contributed by atoms with Crippen LogP contribution in [0.3, 0.4) is 0 Å². The molecule has 0 aromatic heterocycles. The van der Waals surface area contributed by atoms with Crippen molar-refractivity contribution in [1.29, 1.82) is 0 Å². The van der Waals surface area contributed by atoms with Gasteiger partial charge in [0.2, 0.25) is 11.8 Å². The fraction of sp³-hybridized carbons (Fsp3) is 0.500. The molecule has 2 fully saturated rings. The summed E-state index contributed by atoms with van der Waals surface area (Å²) >= 11 is 0. The summed E-state index contributed by atoms with van der Waals surface area (Å²) in [5.41, 5.74) is -0.0212. The average molecular weight is 376 g/mol. The van der Waals surface area contributed by atoms with Gasteiger partial charge in [0.1, 0.15) is 11.6 Å². The van der Waals surface area contributed by atoms with Crippen molar-refractivity contribution < 1.29 is 23.5 Å². The van der Waals surface area contributed by atoms with Crippen LogP contribution >= 0.6 is 12.4 Å². The number of carbonyl (C=O) groups is 2. The van der Waals surface area contributed by atoms with Crippen LogP contribution in [0.1, 0.15) is 6.42 Å². The number of halogens is 3. The third-order valence-corrected chi connectivity index (χ3v) is 4.54. The van der Waals surface area contributed by atoms with Crippen LogP contribution in [0, 0.1) is 23.5 Å². The number of benzene rings is 1. The lowest BCUT2D eigenvalue weighted by atomic mass is 10.0. The van der Waals surface area contributed by atoms with E-state index >= 15 is 0 Å². The molecule has 2 amide bonds. The van der Waals surface area contributed by atoms with Crippen molar-refractivity contribution in [1.82, 2.24) is 10.6 Å². The average Bonchev–Trinajstić information content (AvgIpc) is 3.11. The van der Waals surface area contributed by atoms with Crippen molar-refractivity contribution in [2.24, 2.45) is 11.8 Å². The highest BCUT2D eigenvalue weighted by Gasteiger charge is 2.36. The molecule has 2 heterocycles. The Hall–Kier alpha value is -1.77. The minimum atomic E-state index is -0.829. The van der Waals surface area contributed by atoms with E-state index in [0.29, 0.717) is 25.7 Å². The summed E-state index contributed by atoms with van der Waals surface area (Å²) < 4.78 is 26.8. The van der Waals surface area contributed by atoms with E-state index in [2.05, 4.69) is 10.6 Å². The van der Waals surface area contributed by atoms with E-state index in [4.69, 9.17) is 0 Å². The van der Waals surface area contributed by atoms with Crippen LogP contribution < -0.4 is 15.5 Å². The van der Waals surface area contributed by atoms with Crippen LogP contribution in [0.2, 0.25) is 0 Å². The van der Waals surface area contributed by atoms with Crippen LogP contribution in [0.25, 0.3) is 0 Å². The summed E-state index contributed by atoms with van der Waals surface area (Å²) in [4.78, 5) is 25.5. The lowest BCUT2D eigenvalue weighted by Crippen LogP contribution is -2.38. The number of nitrogens with zero attached hydrogens (tertiary/aromatic N) is 1. The Labute approximate surface area is 150 Å². The molecule has 1 aromatic carbocycles. The standard InChI is InChI=1S/C16H19F2N3O3.ClH/c17-11-1-2-13(12(18)4-11)21-8-9(3-15(21)23)16(24)20-6-10-5-19-7-14(10)22;/h1-2,4,9-10,14,19,22H,3,5-8H2,(H,20,24);1H. The monoisotopic (exact) mass is 375 g/mol. The Morgan fingerprint density at radius 2 is 2.12 bits per heavy atom. The molecule has 0 saturated carbocycles. The quantitative estimate of drug-likeness (QED) is 0.713. The van der Waals surface area contributed by atoms with Crippen molar-refractivity contribution in [2.75, 3.05) is 31.1 Å². The van der Waals surface area contributed by atoms with Gasteiger partial charge in [-0.3, -0.25) is 9.59 Å². The van der Waals surface area contributed by atoms with E-state index in [-0.39, 0.29) is 48.8 Å². The van der Waals surface area contributed by atoms with Gasteiger partial charge in [0.25, 0.3) is 0 Å². The number of hydrogen-bond acceptors (Lipinski definition) is 4. The normalized spacial score (nSPS) is 25.8. The molecule has 3 rings (SSSR count). The molecule has 138 valence electrons. The summed E-state index contributed by atoms with van der Waals surface area (Å²) in [5.74, 6) is -2.87. The Morgan fingerprint density at radius 3 is 2.76 bits per heavy atom. The SMILES string of the molecule is Cl.O=C(NCC1CNCC1O)C1CC(=O)N(c2ccc(F)cc2F)C1. The summed E-state index contributed by atoms with van der Waals surface area (Å²) in [5, 5.41) is 15.5. The van der Waals surface area contributed by atoms with Gasteiger partial charge < -0.3 is 20.6 Å². The summed E-state index contributed by atoms with van der Waals surface area (Å²) in [6, 6.07) is 2.99. The van der Waals surface area contributed by atoms with Gasteiger partial charge in [-0.05, 0) is 12.1 Å². The molecule has 0 aliphatic carbocycles. The lowest BCUT2D eigenvalue weighted by molar-refractivity contribution is -0.126. The van der Waals surface area contributed by atoms with E-state index in [1.165, 1.54) is 11.0 Å². The predicted molar refractivity (Wildman–Crippen MR) is 89.4 cm³/mol. The first-order valence-electron chi connectivity index (χ1n) is 7.87. The van der Waals surface area contributed by atoms with E-state index in [9.17, 15) is 23.5 Å². The Balaban J connectivity index is 0.00000225. The highest BCUT2D eigenvalue weighted by atomic mass is 35.5. The molecule has 1 aromatic rings. The van der Waals surface area contributed by atoms with Gasteiger partial charge in [0.15, 0.2) is 0 Å². The van der Waals surface area contributed by atoms with Gasteiger partial charge in [-0.15, -0.1) is 12.4 Å². The molecule has 0 spiro atoms. The van der Waals surface area contributed by atoms with Crippen LogP contribution in [-0.2, 0) is 9.59 Å². The molecule has 3 unspecified atom stereocenters. The zero-order chi connectivity index (χ0) is 17.3. The molecule has 0 bridgehead atoms. The zero-order valence-electron chi connectivity index (χ0n) is 13.4. The van der Waals surface area contributed by atoms with Gasteiger partial charge in [0, 0.05) is 44.6 Å². The van der Waals surface area contributed by atoms with Gasteiger partial charge >= 0.3 is 0 Å². The van der Waals surface area contributed by atoms with E-state index < -0.39 is 23.7 Å². The highest BCUT2D eigenvalue weighted by Crippen LogP contribution is 2.28. The minimum Gasteiger partial charge on any atom is -0.391 e. The number of hydrogen-bond donors (Lipinski definition) is 3. The molecular weight excluding hydrogens is 356 g/mol. The second-order valence-electron chi connectivity index (χ2n) is 6.23.